The first-order valence-electron chi connectivity index (χ1n) is 12.5. The van der Waals surface area contributed by atoms with Crippen LogP contribution in [-0.4, -0.2) is 78.1 Å². The highest BCUT2D eigenvalue weighted by Gasteiger charge is 2.37. The van der Waals surface area contributed by atoms with E-state index in [1.807, 2.05) is 0 Å². The summed E-state index contributed by atoms with van der Waals surface area (Å²) in [6, 6.07) is 0. The maximum Gasteiger partial charge on any atom is 0.335 e. The average molecular weight is 495 g/mol. The summed E-state index contributed by atoms with van der Waals surface area (Å²) in [4.78, 5) is 30.5. The van der Waals surface area contributed by atoms with E-state index in [-0.39, 0.29) is 0 Å². The Bertz CT molecular complexity index is 502. The van der Waals surface area contributed by atoms with Gasteiger partial charge in [0.05, 0.1) is 0 Å². The normalized spacial score (nSPS) is 14.4. The molecule has 10 nitrogen and oxygen atoms in total. The molecule has 202 valence electrons. The first-order valence-corrected chi connectivity index (χ1v) is 12.5. The van der Waals surface area contributed by atoms with E-state index >= 15 is 0 Å². The highest BCUT2D eigenvalue weighted by atomic mass is 16.4. The van der Waals surface area contributed by atoms with Gasteiger partial charge in [-0.15, -0.1) is 0 Å². The van der Waals surface area contributed by atoms with Crippen molar-refractivity contribution in [2.24, 2.45) is 0 Å². The van der Waals surface area contributed by atoms with Crippen LogP contribution in [0.25, 0.3) is 0 Å². The van der Waals surface area contributed by atoms with Crippen LogP contribution in [0, 0.1) is 0 Å². The maximum atomic E-state index is 10.3. The van der Waals surface area contributed by atoms with Crippen molar-refractivity contribution < 1.29 is 50.1 Å². The van der Waals surface area contributed by atoms with E-state index in [4.69, 9.17) is 35.7 Å². The van der Waals surface area contributed by atoms with Gasteiger partial charge in [0.1, 0.15) is 12.2 Å². The third-order valence-electron chi connectivity index (χ3n) is 5.50. The quantitative estimate of drug-likeness (QED) is 0.117. The molecule has 0 spiro atoms. The Morgan fingerprint density at radius 1 is 0.500 bits per heavy atom. The first kappa shape index (κ1) is 34.4. The molecule has 10 heteroatoms. The van der Waals surface area contributed by atoms with Crippen molar-refractivity contribution in [3.05, 3.63) is 0 Å². The minimum absolute atomic E-state index is 0.345. The zero-order valence-corrected chi connectivity index (χ0v) is 20.5. The molecular weight excluding hydrogens is 448 g/mol. The first-order chi connectivity index (χ1) is 16.1. The second-order valence-corrected chi connectivity index (χ2v) is 8.64. The number of hydrogen-bond donors (Lipinski definition) is 7. The number of aliphatic carboxylic acids is 3. The molecule has 0 aliphatic rings. The molecule has 0 fully saturated rings. The monoisotopic (exact) mass is 494 g/mol. The summed E-state index contributed by atoms with van der Waals surface area (Å²) in [7, 11) is 0. The van der Waals surface area contributed by atoms with Gasteiger partial charge < -0.3 is 35.7 Å². The van der Waals surface area contributed by atoms with Gasteiger partial charge in [-0.1, -0.05) is 96.8 Å². The summed E-state index contributed by atoms with van der Waals surface area (Å²) < 4.78 is 0. The van der Waals surface area contributed by atoms with E-state index in [9.17, 15) is 14.4 Å². The van der Waals surface area contributed by atoms with Crippen LogP contribution in [0.2, 0.25) is 0 Å². The lowest BCUT2D eigenvalue weighted by Gasteiger charge is -2.21. The van der Waals surface area contributed by atoms with Crippen molar-refractivity contribution >= 4 is 17.9 Å². The van der Waals surface area contributed by atoms with E-state index in [0.29, 0.717) is 6.42 Å². The summed E-state index contributed by atoms with van der Waals surface area (Å²) >= 11 is 0. The Labute approximate surface area is 202 Å². The van der Waals surface area contributed by atoms with Crippen LogP contribution in [0.15, 0.2) is 0 Å². The molecule has 0 aromatic rings. The Balaban J connectivity index is 0. The summed E-state index contributed by atoms with van der Waals surface area (Å²) in [5.41, 5.74) is 0. The van der Waals surface area contributed by atoms with E-state index < -0.39 is 42.3 Å². The van der Waals surface area contributed by atoms with E-state index in [2.05, 4.69) is 6.92 Å². The van der Waals surface area contributed by atoms with Crippen molar-refractivity contribution in [1.82, 2.24) is 0 Å². The van der Waals surface area contributed by atoms with Crippen molar-refractivity contribution in [2.45, 2.75) is 134 Å². The molecular formula is C24H46O10. The molecule has 0 heterocycles. The number of hydrogen-bond acceptors (Lipinski definition) is 7. The average Bonchev–Trinajstić information content (AvgIpc) is 2.79. The molecule has 7 N–H and O–H groups in total. The number of aliphatic hydroxyl groups is 4. The Morgan fingerprint density at radius 2 is 0.765 bits per heavy atom. The second kappa shape index (κ2) is 23.0. The van der Waals surface area contributed by atoms with Crippen LogP contribution in [0.1, 0.15) is 110 Å². The van der Waals surface area contributed by atoms with Crippen LogP contribution >= 0.6 is 0 Å². The van der Waals surface area contributed by atoms with Gasteiger partial charge in [0.2, 0.25) is 0 Å². The van der Waals surface area contributed by atoms with Gasteiger partial charge >= 0.3 is 17.9 Å². The minimum atomic E-state index is -2.36. The molecule has 0 aromatic heterocycles. The topological polar surface area (TPSA) is 193 Å². The molecule has 34 heavy (non-hydrogen) atoms. The predicted octanol–water partition coefficient (Wildman–Crippen LogP) is 2.93. The van der Waals surface area contributed by atoms with Crippen molar-refractivity contribution in [2.75, 3.05) is 0 Å². The lowest BCUT2D eigenvalue weighted by molar-refractivity contribution is -0.172. The van der Waals surface area contributed by atoms with Gasteiger partial charge in [-0.3, -0.25) is 4.79 Å². The number of carboxylic acids is 3. The number of unbranched alkanes of at least 4 members (excludes halogenated alkanes) is 14. The van der Waals surface area contributed by atoms with Crippen LogP contribution < -0.4 is 0 Å². The van der Waals surface area contributed by atoms with Gasteiger partial charge in [-0.2, -0.15) is 0 Å². The summed E-state index contributed by atoms with van der Waals surface area (Å²) in [6.07, 6.45) is 10.9. The number of carbonyl (C=O) groups is 3. The second-order valence-electron chi connectivity index (χ2n) is 8.64. The molecule has 0 rings (SSSR count). The zero-order chi connectivity index (χ0) is 26.4. The fourth-order valence-corrected chi connectivity index (χ4v) is 3.31. The molecule has 0 aliphatic carbocycles. The minimum Gasteiger partial charge on any atom is -0.481 e. The van der Waals surface area contributed by atoms with E-state index in [0.717, 1.165) is 12.8 Å². The lowest BCUT2D eigenvalue weighted by Crippen LogP contribution is -2.49. The van der Waals surface area contributed by atoms with Gasteiger partial charge in [0.25, 0.3) is 0 Å². The third-order valence-corrected chi connectivity index (χ3v) is 5.50. The number of aliphatic hydroxyl groups excluding tert-OH is 4. The van der Waals surface area contributed by atoms with Crippen molar-refractivity contribution in [1.29, 1.82) is 0 Å². The van der Waals surface area contributed by atoms with Crippen LogP contribution in [0.4, 0.5) is 0 Å². The molecule has 0 saturated heterocycles. The van der Waals surface area contributed by atoms with Crippen LogP contribution in [-0.2, 0) is 14.4 Å². The standard InChI is InChI=1S/C18H36O2.C6H10O8/c1-2-3-4-5-6-7-8-9-10-11-12-13-14-15-16-17-18(19)20;7-1(3(9)5(11)12)2(8)4(10)6(13)14/h2-17H2,1H3,(H,19,20);1-4,7-10H,(H,11,12)(H,13,14)/t;1-,2+,3+,4-. The molecule has 0 aromatic carbocycles. The van der Waals surface area contributed by atoms with Gasteiger partial charge in [0, 0.05) is 6.42 Å². The largest absolute Gasteiger partial charge is 0.481 e. The number of carboxylic acid groups (broad SMARTS) is 3. The summed E-state index contributed by atoms with van der Waals surface area (Å²) in [5.74, 6) is -4.33. The zero-order valence-electron chi connectivity index (χ0n) is 20.5. The van der Waals surface area contributed by atoms with Crippen LogP contribution in [0.5, 0.6) is 0 Å². The molecule has 0 saturated carbocycles. The highest BCUT2D eigenvalue weighted by Crippen LogP contribution is 2.13. The predicted molar refractivity (Wildman–Crippen MR) is 126 cm³/mol. The molecule has 0 bridgehead atoms. The number of rotatable bonds is 21. The summed E-state index contributed by atoms with van der Waals surface area (Å²) in [5, 5.41) is 60.0. The maximum absolute atomic E-state index is 10.3. The molecule has 0 unspecified atom stereocenters. The molecule has 0 aliphatic heterocycles. The van der Waals surface area contributed by atoms with E-state index in [1.54, 1.807) is 0 Å². The summed E-state index contributed by atoms with van der Waals surface area (Å²) in [6.45, 7) is 2.27. The molecule has 4 atom stereocenters. The van der Waals surface area contributed by atoms with Gasteiger partial charge in [-0.05, 0) is 6.42 Å². The lowest BCUT2D eigenvalue weighted by atomic mass is 10.0. The smallest absolute Gasteiger partial charge is 0.335 e. The van der Waals surface area contributed by atoms with Gasteiger partial charge in [0.15, 0.2) is 12.2 Å². The van der Waals surface area contributed by atoms with Gasteiger partial charge in [-0.25, -0.2) is 9.59 Å². The Hall–Kier alpha value is -1.75. The SMILES string of the molecule is CCCCCCCCCCCCCCCCCC(=O)O.O=C(O)[C@@H](O)[C@H](O)[C@H](O)[C@@H](O)C(=O)O. The van der Waals surface area contributed by atoms with Crippen molar-refractivity contribution in [3.63, 3.8) is 0 Å². The fraction of sp³-hybridized carbons (Fsp3) is 0.875. The van der Waals surface area contributed by atoms with E-state index in [1.165, 1.54) is 83.5 Å². The van der Waals surface area contributed by atoms with Crippen LogP contribution in [0.3, 0.4) is 0 Å². The molecule has 0 amide bonds. The fourth-order valence-electron chi connectivity index (χ4n) is 3.31. The Morgan fingerprint density at radius 3 is 1.00 bits per heavy atom. The highest BCUT2D eigenvalue weighted by molar-refractivity contribution is 5.75. The third kappa shape index (κ3) is 20.8. The molecule has 0 radical (unpaired) electrons. The Kier molecular flexibility index (Phi) is 23.3. The van der Waals surface area contributed by atoms with Crippen molar-refractivity contribution in [3.8, 4) is 0 Å².